The maximum absolute atomic E-state index is 12.5. The minimum absolute atomic E-state index is 0.0339. The zero-order valence-electron chi connectivity index (χ0n) is 17.8. The molecule has 1 aromatic heterocycles. The van der Waals surface area contributed by atoms with Gasteiger partial charge in [-0.3, -0.25) is 14.5 Å². The molecule has 2 amide bonds. The summed E-state index contributed by atoms with van der Waals surface area (Å²) in [6.45, 7) is 8.78. The number of nitrogens with zero attached hydrogens (tertiary/aromatic N) is 4. The Morgan fingerprint density at radius 2 is 1.97 bits per heavy atom. The molecule has 4 rings (SSSR count). The Morgan fingerprint density at radius 1 is 1.24 bits per heavy atom. The molecule has 2 saturated heterocycles. The van der Waals surface area contributed by atoms with Crippen molar-refractivity contribution in [2.24, 2.45) is 5.41 Å². The number of hydrogen-bond donors (Lipinski definition) is 1. The number of likely N-dealkylation sites (tertiary alicyclic amines) is 2. The Hall–Kier alpha value is -1.96. The number of nitrogens with one attached hydrogen (secondary N) is 1. The molecule has 3 aliphatic rings. The smallest absolute Gasteiger partial charge is 0.234 e. The van der Waals surface area contributed by atoms with E-state index in [4.69, 9.17) is 4.42 Å². The van der Waals surface area contributed by atoms with E-state index in [1.807, 2.05) is 25.7 Å². The zero-order valence-corrected chi connectivity index (χ0v) is 17.8. The molecule has 1 N–H and O–H groups in total. The van der Waals surface area contributed by atoms with E-state index < -0.39 is 0 Å². The van der Waals surface area contributed by atoms with Crippen LogP contribution in [0, 0.1) is 5.41 Å². The van der Waals surface area contributed by atoms with Crippen molar-refractivity contribution in [3.05, 3.63) is 11.8 Å². The van der Waals surface area contributed by atoms with Crippen LogP contribution in [0.1, 0.15) is 83.0 Å². The van der Waals surface area contributed by atoms with Gasteiger partial charge in [-0.15, -0.1) is 10.2 Å². The van der Waals surface area contributed by atoms with Crippen LogP contribution in [0.5, 0.6) is 0 Å². The highest BCUT2D eigenvalue weighted by Gasteiger charge is 2.48. The predicted octanol–water partition coefficient (Wildman–Crippen LogP) is 2.24. The number of amides is 2. The molecule has 1 aliphatic carbocycles. The van der Waals surface area contributed by atoms with Crippen molar-refractivity contribution >= 4 is 11.8 Å². The molecular formula is C21H33N5O3. The van der Waals surface area contributed by atoms with Crippen LogP contribution in [0.2, 0.25) is 0 Å². The average Bonchev–Trinajstić information content (AvgIpc) is 3.24. The molecule has 1 saturated carbocycles. The summed E-state index contributed by atoms with van der Waals surface area (Å²) in [6, 6.07) is 0.324. The standard InChI is InChI=1S/C21H33N5O3/c1-4-18(28)25-9-7-21(8-10-25)11-16(20-24-23-19(29-20)14(2)3)26(13-21)12-17(27)22-15-5-6-15/h14-16H,4-13H2,1-3H3,(H,22,27). The minimum Gasteiger partial charge on any atom is -0.423 e. The Bertz CT molecular complexity index is 749. The van der Waals surface area contributed by atoms with E-state index in [1.165, 1.54) is 0 Å². The molecule has 160 valence electrons. The van der Waals surface area contributed by atoms with Crippen LogP contribution < -0.4 is 5.32 Å². The Balaban J connectivity index is 1.49. The van der Waals surface area contributed by atoms with Crippen molar-refractivity contribution in [2.45, 2.75) is 77.3 Å². The third-order valence-electron chi connectivity index (χ3n) is 6.61. The highest BCUT2D eigenvalue weighted by Crippen LogP contribution is 2.48. The first-order valence-electron chi connectivity index (χ1n) is 11.0. The topological polar surface area (TPSA) is 91.6 Å². The molecule has 1 atom stereocenters. The lowest BCUT2D eigenvalue weighted by molar-refractivity contribution is -0.133. The number of rotatable bonds is 6. The summed E-state index contributed by atoms with van der Waals surface area (Å²) in [4.78, 5) is 28.8. The molecule has 8 nitrogen and oxygen atoms in total. The molecule has 0 bridgehead atoms. The van der Waals surface area contributed by atoms with Gasteiger partial charge in [0, 0.05) is 38.0 Å². The molecule has 29 heavy (non-hydrogen) atoms. The number of piperidine rings is 1. The molecule has 1 aromatic rings. The molecule has 1 spiro atoms. The van der Waals surface area contributed by atoms with Gasteiger partial charge in [-0.1, -0.05) is 20.8 Å². The largest absolute Gasteiger partial charge is 0.423 e. The second-order valence-corrected chi connectivity index (χ2v) is 9.33. The highest BCUT2D eigenvalue weighted by atomic mass is 16.4. The fraction of sp³-hybridized carbons (Fsp3) is 0.810. The third-order valence-corrected chi connectivity index (χ3v) is 6.61. The molecule has 3 fully saturated rings. The second kappa shape index (κ2) is 8.05. The van der Waals surface area contributed by atoms with Crippen LogP contribution >= 0.6 is 0 Å². The SMILES string of the molecule is CCC(=O)N1CCC2(CC1)CC(c1nnc(C(C)C)o1)N(CC(=O)NC1CC1)C2. The van der Waals surface area contributed by atoms with E-state index in [-0.39, 0.29) is 29.2 Å². The van der Waals surface area contributed by atoms with Crippen LogP contribution in [0.4, 0.5) is 0 Å². The molecule has 0 aromatic carbocycles. The highest BCUT2D eigenvalue weighted by molar-refractivity contribution is 5.78. The van der Waals surface area contributed by atoms with Crippen LogP contribution in [-0.4, -0.2) is 64.0 Å². The zero-order chi connectivity index (χ0) is 20.6. The molecule has 2 aliphatic heterocycles. The van der Waals surface area contributed by atoms with Crippen molar-refractivity contribution in [1.82, 2.24) is 25.3 Å². The van der Waals surface area contributed by atoms with Crippen molar-refractivity contribution < 1.29 is 14.0 Å². The van der Waals surface area contributed by atoms with Crippen LogP contribution in [0.3, 0.4) is 0 Å². The van der Waals surface area contributed by atoms with Gasteiger partial charge >= 0.3 is 0 Å². The van der Waals surface area contributed by atoms with Gasteiger partial charge in [0.2, 0.25) is 23.6 Å². The maximum atomic E-state index is 12.5. The lowest BCUT2D eigenvalue weighted by Gasteiger charge is -2.39. The lowest BCUT2D eigenvalue weighted by Crippen LogP contribution is -2.45. The van der Waals surface area contributed by atoms with Gasteiger partial charge in [0.05, 0.1) is 12.6 Å². The van der Waals surface area contributed by atoms with Gasteiger partial charge in [0.25, 0.3) is 0 Å². The first kappa shape index (κ1) is 20.3. The van der Waals surface area contributed by atoms with Crippen LogP contribution in [-0.2, 0) is 9.59 Å². The Labute approximate surface area is 172 Å². The van der Waals surface area contributed by atoms with E-state index in [0.29, 0.717) is 30.8 Å². The van der Waals surface area contributed by atoms with Gasteiger partial charge in [-0.25, -0.2) is 0 Å². The average molecular weight is 404 g/mol. The monoisotopic (exact) mass is 403 g/mol. The number of aromatic nitrogens is 2. The fourth-order valence-electron chi connectivity index (χ4n) is 4.67. The molecular weight excluding hydrogens is 370 g/mol. The van der Waals surface area contributed by atoms with Crippen molar-refractivity contribution in [1.29, 1.82) is 0 Å². The summed E-state index contributed by atoms with van der Waals surface area (Å²) in [5, 5.41) is 11.6. The molecule has 0 radical (unpaired) electrons. The molecule has 3 heterocycles. The predicted molar refractivity (Wildman–Crippen MR) is 107 cm³/mol. The van der Waals surface area contributed by atoms with Crippen LogP contribution in [0.15, 0.2) is 4.42 Å². The number of carbonyl (C=O) groups is 2. The van der Waals surface area contributed by atoms with E-state index in [2.05, 4.69) is 20.4 Å². The minimum atomic E-state index is -0.0339. The molecule has 8 heteroatoms. The van der Waals surface area contributed by atoms with Gasteiger partial charge in [0.1, 0.15) is 0 Å². The summed E-state index contributed by atoms with van der Waals surface area (Å²) in [7, 11) is 0. The van der Waals surface area contributed by atoms with Gasteiger partial charge in [-0.2, -0.15) is 0 Å². The Kier molecular flexibility index (Phi) is 5.64. The van der Waals surface area contributed by atoms with E-state index in [9.17, 15) is 9.59 Å². The Morgan fingerprint density at radius 3 is 2.55 bits per heavy atom. The van der Waals surface area contributed by atoms with Crippen molar-refractivity contribution in [2.75, 3.05) is 26.2 Å². The first-order valence-corrected chi connectivity index (χ1v) is 11.0. The van der Waals surface area contributed by atoms with E-state index in [1.54, 1.807) is 0 Å². The van der Waals surface area contributed by atoms with Crippen molar-refractivity contribution in [3.8, 4) is 0 Å². The summed E-state index contributed by atoms with van der Waals surface area (Å²) in [6.07, 6.45) is 5.55. The summed E-state index contributed by atoms with van der Waals surface area (Å²) in [5.41, 5.74) is 0.0987. The maximum Gasteiger partial charge on any atom is 0.234 e. The second-order valence-electron chi connectivity index (χ2n) is 9.33. The lowest BCUT2D eigenvalue weighted by atomic mass is 9.76. The fourth-order valence-corrected chi connectivity index (χ4v) is 4.67. The third kappa shape index (κ3) is 4.47. The van der Waals surface area contributed by atoms with Gasteiger partial charge in [0.15, 0.2) is 0 Å². The number of hydrogen-bond acceptors (Lipinski definition) is 6. The van der Waals surface area contributed by atoms with Crippen molar-refractivity contribution in [3.63, 3.8) is 0 Å². The summed E-state index contributed by atoms with van der Waals surface area (Å²) < 4.78 is 5.98. The van der Waals surface area contributed by atoms with Crippen LogP contribution in [0.25, 0.3) is 0 Å². The van der Waals surface area contributed by atoms with E-state index in [0.717, 1.165) is 51.7 Å². The number of carbonyl (C=O) groups excluding carboxylic acids is 2. The summed E-state index contributed by atoms with van der Waals surface area (Å²) >= 11 is 0. The van der Waals surface area contributed by atoms with Gasteiger partial charge < -0.3 is 14.6 Å². The summed E-state index contributed by atoms with van der Waals surface area (Å²) in [5.74, 6) is 1.76. The quantitative estimate of drug-likeness (QED) is 0.783. The van der Waals surface area contributed by atoms with Gasteiger partial charge in [-0.05, 0) is 37.5 Å². The molecule has 1 unspecified atom stereocenters. The van der Waals surface area contributed by atoms with E-state index >= 15 is 0 Å². The normalized spacial score (nSPS) is 24.4. The first-order chi connectivity index (χ1) is 13.9.